The minimum absolute atomic E-state index is 0.00872. The molecule has 1 N–H and O–H groups in total. The van der Waals surface area contributed by atoms with Crippen molar-refractivity contribution in [2.45, 2.75) is 37.7 Å². The van der Waals surface area contributed by atoms with Gasteiger partial charge in [0.1, 0.15) is 0 Å². The second kappa shape index (κ2) is 5.84. The van der Waals surface area contributed by atoms with Crippen molar-refractivity contribution in [3.63, 3.8) is 0 Å². The molecule has 4 nitrogen and oxygen atoms in total. The molecule has 1 aliphatic heterocycles. The largest absolute Gasteiger partial charge is 0.493 e. The zero-order chi connectivity index (χ0) is 15.7. The number of aliphatic hydroxyl groups excluding tert-OH is 1. The first kappa shape index (κ1) is 15.2. The van der Waals surface area contributed by atoms with Gasteiger partial charge >= 0.3 is 0 Å². The molecule has 2 aliphatic rings. The molecular weight excluding hydrogens is 278 g/mol. The number of likely N-dealkylation sites (N-methyl/N-ethyl adjacent to an activating group) is 1. The van der Waals surface area contributed by atoms with Gasteiger partial charge in [-0.05, 0) is 50.0 Å². The van der Waals surface area contributed by atoms with E-state index < -0.39 is 0 Å². The summed E-state index contributed by atoms with van der Waals surface area (Å²) in [5.41, 5.74) is 2.55. The van der Waals surface area contributed by atoms with E-state index in [0.29, 0.717) is 0 Å². The number of fused-ring (bicyclic) bond motifs is 1. The molecule has 1 aromatic carbocycles. The van der Waals surface area contributed by atoms with Crippen molar-refractivity contribution < 1.29 is 14.6 Å². The molecular formula is C18H25NO3. The normalized spacial score (nSPS) is 27.4. The molecule has 4 heteroatoms. The molecule has 1 saturated heterocycles. The Morgan fingerprint density at radius 1 is 1.23 bits per heavy atom. The van der Waals surface area contributed by atoms with Crippen LogP contribution in [0.5, 0.6) is 11.5 Å². The number of ether oxygens (including phenoxy) is 2. The minimum Gasteiger partial charge on any atom is -0.493 e. The molecule has 0 unspecified atom stereocenters. The molecule has 1 fully saturated rings. The van der Waals surface area contributed by atoms with E-state index in [0.717, 1.165) is 43.9 Å². The summed E-state index contributed by atoms with van der Waals surface area (Å²) >= 11 is 0. The number of methoxy groups -OCH3 is 2. The number of hydrogen-bond acceptors (Lipinski definition) is 4. The van der Waals surface area contributed by atoms with Crippen molar-refractivity contribution in [2.24, 2.45) is 0 Å². The highest BCUT2D eigenvalue weighted by Crippen LogP contribution is 2.50. The van der Waals surface area contributed by atoms with Crippen LogP contribution in [0.3, 0.4) is 0 Å². The number of rotatable bonds is 4. The Bertz CT molecular complexity index is 584. The lowest BCUT2D eigenvalue weighted by atomic mass is 9.70. The lowest BCUT2D eigenvalue weighted by Crippen LogP contribution is -2.34. The Morgan fingerprint density at radius 2 is 2.00 bits per heavy atom. The molecule has 0 amide bonds. The Morgan fingerprint density at radius 3 is 2.68 bits per heavy atom. The zero-order valence-corrected chi connectivity index (χ0v) is 13.6. The van der Waals surface area contributed by atoms with Crippen LogP contribution in [0.2, 0.25) is 0 Å². The van der Waals surface area contributed by atoms with E-state index in [2.05, 4.69) is 30.0 Å². The first-order valence-corrected chi connectivity index (χ1v) is 8.02. The van der Waals surface area contributed by atoms with Gasteiger partial charge < -0.3 is 19.5 Å². The highest BCUT2D eigenvalue weighted by Gasteiger charge is 2.46. The summed E-state index contributed by atoms with van der Waals surface area (Å²) in [6.07, 6.45) is 4.61. The van der Waals surface area contributed by atoms with E-state index in [4.69, 9.17) is 9.47 Å². The van der Waals surface area contributed by atoms with Gasteiger partial charge in [0.15, 0.2) is 11.5 Å². The van der Waals surface area contributed by atoms with E-state index in [1.807, 2.05) is 6.07 Å². The molecule has 0 saturated carbocycles. The van der Waals surface area contributed by atoms with Gasteiger partial charge in [0.2, 0.25) is 0 Å². The highest BCUT2D eigenvalue weighted by atomic mass is 16.5. The summed E-state index contributed by atoms with van der Waals surface area (Å²) < 4.78 is 10.8. The molecule has 0 spiro atoms. The average molecular weight is 303 g/mol. The first-order valence-electron chi connectivity index (χ1n) is 8.02. The smallest absolute Gasteiger partial charge is 0.161 e. The topological polar surface area (TPSA) is 41.9 Å². The molecule has 1 aromatic rings. The van der Waals surface area contributed by atoms with E-state index in [1.54, 1.807) is 14.2 Å². The predicted octanol–water partition coefficient (Wildman–Crippen LogP) is 2.71. The number of aliphatic hydroxyl groups is 1. The van der Waals surface area contributed by atoms with Crippen molar-refractivity contribution in [2.75, 3.05) is 27.3 Å². The monoisotopic (exact) mass is 303 g/mol. The highest BCUT2D eigenvalue weighted by molar-refractivity contribution is 5.49. The van der Waals surface area contributed by atoms with Crippen molar-refractivity contribution in [1.29, 1.82) is 0 Å². The third kappa shape index (κ3) is 2.26. The molecule has 1 heterocycles. The van der Waals surface area contributed by atoms with Gasteiger partial charge in [-0.15, -0.1) is 0 Å². The van der Waals surface area contributed by atoms with Crippen molar-refractivity contribution in [3.05, 3.63) is 35.5 Å². The third-order valence-electron chi connectivity index (χ3n) is 5.17. The van der Waals surface area contributed by atoms with Crippen LogP contribution in [0.4, 0.5) is 0 Å². The van der Waals surface area contributed by atoms with Gasteiger partial charge in [-0.3, -0.25) is 0 Å². The lowest BCUT2D eigenvalue weighted by molar-refractivity contribution is 0.180. The van der Waals surface area contributed by atoms with Crippen LogP contribution in [-0.2, 0) is 5.41 Å². The number of hydrogen-bond donors (Lipinski definition) is 1. The minimum atomic E-state index is -0.324. The Balaban J connectivity index is 2.07. The fourth-order valence-electron chi connectivity index (χ4n) is 3.95. The van der Waals surface area contributed by atoms with Gasteiger partial charge in [-0.1, -0.05) is 6.07 Å². The van der Waals surface area contributed by atoms with E-state index in [1.165, 1.54) is 11.3 Å². The van der Waals surface area contributed by atoms with Crippen molar-refractivity contribution in [3.8, 4) is 11.5 Å². The van der Waals surface area contributed by atoms with Gasteiger partial charge in [-0.25, -0.2) is 0 Å². The average Bonchev–Trinajstić information content (AvgIpc) is 2.93. The van der Waals surface area contributed by atoms with Gasteiger partial charge in [0, 0.05) is 24.2 Å². The predicted molar refractivity (Wildman–Crippen MR) is 86.4 cm³/mol. The fraction of sp³-hybridized carbons (Fsp3) is 0.556. The summed E-state index contributed by atoms with van der Waals surface area (Å²) in [7, 11) is 3.33. The molecule has 22 heavy (non-hydrogen) atoms. The maximum absolute atomic E-state index is 10.1. The SMILES string of the molecule is CCN1CC[C@]2(c3ccc(OC)c(OC)c3)CC[C@H](O)C=C12. The van der Waals surface area contributed by atoms with E-state index in [9.17, 15) is 5.11 Å². The maximum atomic E-state index is 10.1. The van der Waals surface area contributed by atoms with Crippen LogP contribution in [0.25, 0.3) is 0 Å². The van der Waals surface area contributed by atoms with Crippen LogP contribution in [0, 0.1) is 0 Å². The Kier molecular flexibility index (Phi) is 4.04. The fourth-order valence-corrected chi connectivity index (χ4v) is 3.95. The van der Waals surface area contributed by atoms with Gasteiger partial charge in [0.05, 0.1) is 20.3 Å². The van der Waals surface area contributed by atoms with Crippen LogP contribution < -0.4 is 9.47 Å². The quantitative estimate of drug-likeness (QED) is 0.928. The summed E-state index contributed by atoms with van der Waals surface area (Å²) in [4.78, 5) is 2.39. The Labute approximate surface area is 132 Å². The third-order valence-corrected chi connectivity index (χ3v) is 5.17. The van der Waals surface area contributed by atoms with Crippen molar-refractivity contribution >= 4 is 0 Å². The van der Waals surface area contributed by atoms with Gasteiger partial charge in [-0.2, -0.15) is 0 Å². The van der Waals surface area contributed by atoms with Crippen LogP contribution in [0.1, 0.15) is 31.7 Å². The number of nitrogens with zero attached hydrogens (tertiary/aromatic N) is 1. The maximum Gasteiger partial charge on any atom is 0.161 e. The summed E-state index contributed by atoms with van der Waals surface area (Å²) in [6, 6.07) is 6.23. The molecule has 0 bridgehead atoms. The molecule has 120 valence electrons. The standard InChI is InChI=1S/C18H25NO3/c1-4-19-10-9-18(8-7-14(20)12-17(18)19)13-5-6-15(21-2)16(11-13)22-3/h5-6,11-12,14,20H,4,7-10H2,1-3H3/t14-,18-/m0/s1. The first-order chi connectivity index (χ1) is 10.6. The lowest BCUT2D eigenvalue weighted by Gasteiger charge is -2.38. The van der Waals surface area contributed by atoms with E-state index in [-0.39, 0.29) is 11.5 Å². The number of allylic oxidation sites excluding steroid dienone is 1. The second-order valence-corrected chi connectivity index (χ2v) is 6.14. The van der Waals surface area contributed by atoms with Crippen LogP contribution in [0.15, 0.2) is 30.0 Å². The van der Waals surface area contributed by atoms with E-state index >= 15 is 0 Å². The van der Waals surface area contributed by atoms with Crippen LogP contribution >= 0.6 is 0 Å². The molecule has 3 rings (SSSR count). The molecule has 2 atom stereocenters. The molecule has 0 radical (unpaired) electrons. The van der Waals surface area contributed by atoms with Gasteiger partial charge in [0.25, 0.3) is 0 Å². The second-order valence-electron chi connectivity index (χ2n) is 6.14. The molecule has 0 aromatic heterocycles. The van der Waals surface area contributed by atoms with Crippen molar-refractivity contribution in [1.82, 2.24) is 4.90 Å². The zero-order valence-electron chi connectivity index (χ0n) is 13.6. The summed E-state index contributed by atoms with van der Waals surface area (Å²) in [5.74, 6) is 1.53. The summed E-state index contributed by atoms with van der Waals surface area (Å²) in [5, 5.41) is 10.1. The Hall–Kier alpha value is -1.68. The molecule has 1 aliphatic carbocycles. The van der Waals surface area contributed by atoms with Crippen LogP contribution in [-0.4, -0.2) is 43.4 Å². The summed E-state index contributed by atoms with van der Waals surface area (Å²) in [6.45, 7) is 4.20. The number of benzene rings is 1. The number of likely N-dealkylation sites (tertiary alicyclic amines) is 1.